The van der Waals surface area contributed by atoms with Crippen LogP contribution in [0.5, 0.6) is 0 Å². The Morgan fingerprint density at radius 1 is 1.23 bits per heavy atom. The molecule has 1 aromatic carbocycles. The summed E-state index contributed by atoms with van der Waals surface area (Å²) in [5, 5.41) is 0. The van der Waals surface area contributed by atoms with Gasteiger partial charge in [0.05, 0.1) is 38.1 Å². The zero-order valence-electron chi connectivity index (χ0n) is 16.9. The summed E-state index contributed by atoms with van der Waals surface area (Å²) in [6.45, 7) is 4.55. The summed E-state index contributed by atoms with van der Waals surface area (Å²) in [4.78, 5) is 23.4. The Kier molecular flexibility index (Phi) is 7.38. The molecule has 0 saturated carbocycles. The quantitative estimate of drug-likeness (QED) is 0.487. The molecule has 31 heavy (non-hydrogen) atoms. The first-order valence-electron chi connectivity index (χ1n) is 9.32. The fraction of sp³-hybridized carbons (Fsp3) is 0.529. The van der Waals surface area contributed by atoms with Crippen LogP contribution in [0.2, 0.25) is 0 Å². The van der Waals surface area contributed by atoms with E-state index in [4.69, 9.17) is 14.2 Å². The van der Waals surface area contributed by atoms with Crippen molar-refractivity contribution in [3.63, 3.8) is 0 Å². The number of nitrogens with one attached hydrogen (secondary N) is 3. The molecule has 0 spiro atoms. The lowest BCUT2D eigenvalue weighted by Gasteiger charge is -2.34. The van der Waals surface area contributed by atoms with Gasteiger partial charge in [-0.3, -0.25) is 10.2 Å². The molecule has 1 fully saturated rings. The predicted octanol–water partition coefficient (Wildman–Crippen LogP) is 0.516. The monoisotopic (exact) mass is 473 g/mol. The summed E-state index contributed by atoms with van der Waals surface area (Å²) >= 11 is 0.886. The molecule has 1 aromatic heterocycles. The van der Waals surface area contributed by atoms with Crippen LogP contribution in [0, 0.1) is 5.41 Å². The number of nitrogens with zero attached hydrogens (tertiary/aromatic N) is 2. The fourth-order valence-corrected chi connectivity index (χ4v) is 4.33. The van der Waals surface area contributed by atoms with Crippen LogP contribution in [0.15, 0.2) is 23.1 Å². The van der Waals surface area contributed by atoms with E-state index in [1.54, 1.807) is 6.07 Å². The Balaban J connectivity index is 1.36. The van der Waals surface area contributed by atoms with Crippen molar-refractivity contribution in [3.8, 4) is 0 Å². The van der Waals surface area contributed by atoms with Crippen molar-refractivity contribution in [1.82, 2.24) is 24.3 Å². The molecule has 0 radical (unpaired) electrons. The molecule has 14 heteroatoms. The number of sulfonamides is 1. The molecule has 0 unspecified atom stereocenters. The van der Waals surface area contributed by atoms with E-state index in [0.29, 0.717) is 25.2 Å². The number of aromatic nitrogens is 2. The Labute approximate surface area is 183 Å². The Morgan fingerprint density at radius 2 is 1.97 bits per heavy atom. The molecular weight excluding hydrogens is 450 g/mol. The van der Waals surface area contributed by atoms with Crippen molar-refractivity contribution >= 4 is 44.8 Å². The minimum Gasteiger partial charge on any atom is -0.448 e. The van der Waals surface area contributed by atoms with Gasteiger partial charge in [0.15, 0.2) is 6.29 Å². The van der Waals surface area contributed by atoms with Crippen LogP contribution in [0.4, 0.5) is 4.79 Å². The molecule has 1 aliphatic rings. The van der Waals surface area contributed by atoms with Crippen LogP contribution in [0.3, 0.4) is 0 Å². The number of amides is 2. The Morgan fingerprint density at radius 3 is 2.71 bits per heavy atom. The number of hydrogen-bond donors (Lipinski definition) is 3. The van der Waals surface area contributed by atoms with Crippen molar-refractivity contribution in [1.29, 1.82) is 0 Å². The van der Waals surface area contributed by atoms with Crippen molar-refractivity contribution in [3.05, 3.63) is 18.2 Å². The first-order chi connectivity index (χ1) is 14.7. The highest BCUT2D eigenvalue weighted by Crippen LogP contribution is 2.24. The topological polar surface area (TPSA) is 158 Å². The third-order valence-corrected chi connectivity index (χ3v) is 6.15. The lowest BCUT2D eigenvalue weighted by molar-refractivity contribution is -0.225. The number of fused-ring (bicyclic) bond motifs is 1. The summed E-state index contributed by atoms with van der Waals surface area (Å²) in [5.41, 5.74) is 4.70. The van der Waals surface area contributed by atoms with Gasteiger partial charge < -0.3 is 14.2 Å². The molecular formula is C17H23N5O7S2. The van der Waals surface area contributed by atoms with E-state index in [-0.39, 0.29) is 22.4 Å². The Hall–Kier alpha value is -2.39. The van der Waals surface area contributed by atoms with Crippen LogP contribution in [-0.4, -0.2) is 61.8 Å². The van der Waals surface area contributed by atoms with E-state index in [1.807, 2.05) is 19.3 Å². The van der Waals surface area contributed by atoms with E-state index in [1.165, 1.54) is 12.1 Å². The van der Waals surface area contributed by atoms with Crippen molar-refractivity contribution in [2.75, 3.05) is 26.4 Å². The molecule has 170 valence electrons. The highest BCUT2D eigenvalue weighted by Gasteiger charge is 2.28. The number of ether oxygens (including phenoxy) is 3. The summed E-state index contributed by atoms with van der Waals surface area (Å²) in [6.07, 6.45) is -1.01. The molecule has 2 aromatic rings. The summed E-state index contributed by atoms with van der Waals surface area (Å²) in [7, 11) is -4.00. The summed E-state index contributed by atoms with van der Waals surface area (Å²) in [6, 6.07) is 4.52. The molecule has 2 amide bonds. The maximum atomic E-state index is 12.4. The highest BCUT2D eigenvalue weighted by atomic mass is 32.2. The van der Waals surface area contributed by atoms with Gasteiger partial charge in [0.2, 0.25) is 10.0 Å². The average molecular weight is 474 g/mol. The van der Waals surface area contributed by atoms with Crippen molar-refractivity contribution in [2.45, 2.75) is 31.5 Å². The lowest BCUT2D eigenvalue weighted by Crippen LogP contribution is -2.46. The van der Waals surface area contributed by atoms with Gasteiger partial charge >= 0.3 is 6.09 Å². The third-order valence-electron chi connectivity index (χ3n) is 4.17. The standard InChI is InChI=1S/C17H23N5O7S2/c1-17(2)9-28-14(29-10-17)6-7-27-16(24)20-19-13(23)8-18-31(25,26)12-5-3-4-11-15(12)22-30-21-11/h3-5,14,18H,6-10H2,1-2H3,(H,19,23)(H,20,24). The van der Waals surface area contributed by atoms with Gasteiger partial charge in [-0.15, -0.1) is 0 Å². The van der Waals surface area contributed by atoms with Crippen LogP contribution < -0.4 is 15.6 Å². The second-order valence-electron chi connectivity index (χ2n) is 7.53. The molecule has 0 bridgehead atoms. The van der Waals surface area contributed by atoms with E-state index >= 15 is 0 Å². The summed E-state index contributed by atoms with van der Waals surface area (Å²) < 4.78 is 50.9. The van der Waals surface area contributed by atoms with E-state index in [2.05, 4.69) is 18.9 Å². The minimum atomic E-state index is -4.00. The van der Waals surface area contributed by atoms with Crippen LogP contribution in [-0.2, 0) is 29.0 Å². The van der Waals surface area contributed by atoms with Gasteiger partial charge in [0.1, 0.15) is 15.9 Å². The lowest BCUT2D eigenvalue weighted by atomic mass is 9.95. The molecule has 2 heterocycles. The van der Waals surface area contributed by atoms with Gasteiger partial charge in [-0.2, -0.15) is 8.75 Å². The zero-order chi connectivity index (χ0) is 22.5. The average Bonchev–Trinajstić information content (AvgIpc) is 3.21. The number of hydrazine groups is 1. The van der Waals surface area contributed by atoms with Gasteiger partial charge in [-0.05, 0) is 12.1 Å². The molecule has 0 aliphatic carbocycles. The second kappa shape index (κ2) is 9.82. The van der Waals surface area contributed by atoms with Gasteiger partial charge in [-0.1, -0.05) is 19.9 Å². The van der Waals surface area contributed by atoms with E-state index < -0.39 is 34.9 Å². The Bertz CT molecular complexity index is 1030. The first-order valence-corrected chi connectivity index (χ1v) is 11.5. The van der Waals surface area contributed by atoms with Crippen LogP contribution >= 0.6 is 11.7 Å². The number of rotatable bonds is 7. The molecule has 1 aliphatic heterocycles. The fourth-order valence-electron chi connectivity index (χ4n) is 2.58. The van der Waals surface area contributed by atoms with Crippen molar-refractivity contribution < 1.29 is 32.2 Å². The molecule has 12 nitrogen and oxygen atoms in total. The number of carbonyl (C=O) groups is 2. The van der Waals surface area contributed by atoms with Crippen LogP contribution in [0.1, 0.15) is 20.3 Å². The SMILES string of the molecule is CC1(C)COC(CCOC(=O)NNC(=O)CNS(=O)(=O)c2cccc3nsnc23)OC1. The number of carbonyl (C=O) groups excluding carboxylic acids is 2. The maximum absolute atomic E-state index is 12.4. The highest BCUT2D eigenvalue weighted by molar-refractivity contribution is 7.89. The molecule has 3 N–H and O–H groups in total. The maximum Gasteiger partial charge on any atom is 0.426 e. The van der Waals surface area contributed by atoms with Crippen molar-refractivity contribution in [2.24, 2.45) is 5.41 Å². The predicted molar refractivity (Wildman–Crippen MR) is 109 cm³/mol. The van der Waals surface area contributed by atoms with Gasteiger partial charge in [-0.25, -0.2) is 23.4 Å². The normalized spacial score (nSPS) is 16.7. The molecule has 0 atom stereocenters. The largest absolute Gasteiger partial charge is 0.448 e. The smallest absolute Gasteiger partial charge is 0.426 e. The van der Waals surface area contributed by atoms with Gasteiger partial charge in [0, 0.05) is 11.8 Å². The van der Waals surface area contributed by atoms with Crippen LogP contribution in [0.25, 0.3) is 11.0 Å². The molecule has 3 rings (SSSR count). The van der Waals surface area contributed by atoms with E-state index in [0.717, 1.165) is 11.7 Å². The minimum absolute atomic E-state index is 0.0190. The second-order valence-corrected chi connectivity index (χ2v) is 9.79. The first kappa shape index (κ1) is 23.3. The number of hydrogen-bond acceptors (Lipinski definition) is 10. The third kappa shape index (κ3) is 6.54. The molecule has 1 saturated heterocycles. The van der Waals surface area contributed by atoms with E-state index in [9.17, 15) is 18.0 Å². The number of benzene rings is 1. The van der Waals surface area contributed by atoms with Gasteiger partial charge in [0.25, 0.3) is 5.91 Å². The zero-order valence-corrected chi connectivity index (χ0v) is 18.5. The summed E-state index contributed by atoms with van der Waals surface area (Å²) in [5.74, 6) is -0.787.